The van der Waals surface area contributed by atoms with E-state index >= 15 is 0 Å². The van der Waals surface area contributed by atoms with Gasteiger partial charge in [-0.15, -0.1) is 0 Å². The van der Waals surface area contributed by atoms with E-state index in [0.29, 0.717) is 11.8 Å². The maximum absolute atomic E-state index is 2.65. The monoisotopic (exact) mass is 800 g/mol. The molecule has 0 amide bonds. The molecule has 2 nitrogen and oxygen atoms in total. The first-order valence-electron chi connectivity index (χ1n) is 23.1. The van der Waals surface area contributed by atoms with Gasteiger partial charge in [0.05, 0.1) is 17.1 Å². The lowest BCUT2D eigenvalue weighted by Crippen LogP contribution is -2.55. The van der Waals surface area contributed by atoms with Gasteiger partial charge in [0.1, 0.15) is 0 Å². The van der Waals surface area contributed by atoms with E-state index in [2.05, 4.69) is 206 Å². The van der Waals surface area contributed by atoms with E-state index in [0.717, 1.165) is 23.2 Å². The van der Waals surface area contributed by atoms with Crippen LogP contribution in [0.3, 0.4) is 0 Å². The summed E-state index contributed by atoms with van der Waals surface area (Å²) in [6.07, 6.45) is 6.90. The summed E-state index contributed by atoms with van der Waals surface area (Å²) in [5.74, 6) is 3.13. The summed E-state index contributed by atoms with van der Waals surface area (Å²) >= 11 is 0. The molecule has 0 aromatic heterocycles. The maximum atomic E-state index is 2.65. The molecule has 0 unspecified atom stereocenters. The summed E-state index contributed by atoms with van der Waals surface area (Å²) in [5, 5.41) is 7.74. The molecule has 0 atom stereocenters. The van der Waals surface area contributed by atoms with E-state index in [1.807, 2.05) is 0 Å². The van der Waals surface area contributed by atoms with E-state index in [9.17, 15) is 0 Å². The van der Waals surface area contributed by atoms with Crippen molar-refractivity contribution in [2.24, 2.45) is 23.7 Å². The fraction of sp³-hybridized carbons (Fsp3) is 0.233. The van der Waals surface area contributed by atoms with Gasteiger partial charge >= 0.3 is 0 Å². The van der Waals surface area contributed by atoms with Crippen molar-refractivity contribution in [2.75, 3.05) is 9.80 Å². The van der Waals surface area contributed by atoms with Crippen molar-refractivity contribution in [2.45, 2.75) is 63.7 Å². The average Bonchev–Trinajstić information content (AvgIpc) is 3.60. The first kappa shape index (κ1) is 36.3. The molecule has 9 aromatic rings. The number of nitrogens with zero attached hydrogens (tertiary/aromatic N) is 2. The van der Waals surface area contributed by atoms with E-state index in [-0.39, 0.29) is 10.8 Å². The van der Waals surface area contributed by atoms with Crippen LogP contribution in [0.1, 0.15) is 69.6 Å². The van der Waals surface area contributed by atoms with E-state index < -0.39 is 0 Å². The third kappa shape index (κ3) is 5.10. The smallest absolute Gasteiger partial charge is 0.0540 e. The van der Waals surface area contributed by atoms with Gasteiger partial charge in [0.25, 0.3) is 0 Å². The third-order valence-corrected chi connectivity index (χ3v) is 15.9. The highest BCUT2D eigenvalue weighted by molar-refractivity contribution is 6.28. The predicted molar refractivity (Wildman–Crippen MR) is 261 cm³/mol. The molecule has 0 aliphatic heterocycles. The van der Waals surface area contributed by atoms with Crippen LogP contribution in [-0.4, -0.2) is 0 Å². The Bertz CT molecular complexity index is 3150. The van der Waals surface area contributed by atoms with Crippen LogP contribution in [-0.2, 0) is 10.8 Å². The summed E-state index contributed by atoms with van der Waals surface area (Å²) in [6.45, 7) is 6.86. The standard InChI is InChI=1S/C60H52N2/c1-59(2,3)42-25-27-47(28-26-42)61(45-13-6-4-7-14-45)53-31-23-40-22-30-51-54(32-24-41-21-29-50(53)56(40)57(41)51)62(46-15-8-5-9-16-46)55-20-12-18-49-48-17-10-11-19-52(48)60(58(49)55)43-34-38-33-39(36-43)37-44(60)35-38/h4-32,38-39,43-44H,33-37H2,1-3H3. The lowest BCUT2D eigenvalue weighted by atomic mass is 9.43. The molecule has 4 fully saturated rings. The van der Waals surface area contributed by atoms with Gasteiger partial charge in [0.2, 0.25) is 0 Å². The molecular weight excluding hydrogens is 749 g/mol. The molecule has 0 heterocycles. The topological polar surface area (TPSA) is 6.48 Å². The van der Waals surface area contributed by atoms with Crippen molar-refractivity contribution >= 4 is 66.4 Å². The molecule has 14 rings (SSSR count). The summed E-state index contributed by atoms with van der Waals surface area (Å²) in [5.41, 5.74) is 14.8. The van der Waals surface area contributed by atoms with Crippen LogP contribution in [0.15, 0.2) is 176 Å². The SMILES string of the molecule is CC(C)(C)c1ccc(N(c2ccccc2)c2ccc3ccc4c(N(c5ccccc5)c5cccc6c5C5(c7ccccc7-6)C6CC7CC(C6)CC5C7)ccc5ccc2c3c54)cc1. The van der Waals surface area contributed by atoms with Crippen LogP contribution < -0.4 is 9.80 Å². The molecule has 5 aliphatic rings. The van der Waals surface area contributed by atoms with E-state index in [1.54, 1.807) is 11.1 Å². The number of para-hydroxylation sites is 2. The predicted octanol–water partition coefficient (Wildman–Crippen LogP) is 16.5. The molecule has 62 heavy (non-hydrogen) atoms. The molecule has 0 radical (unpaired) electrons. The average molecular weight is 801 g/mol. The molecule has 0 N–H and O–H groups in total. The van der Waals surface area contributed by atoms with Crippen molar-refractivity contribution in [3.8, 4) is 11.1 Å². The van der Waals surface area contributed by atoms with Crippen molar-refractivity contribution in [3.63, 3.8) is 0 Å². The van der Waals surface area contributed by atoms with E-state index in [4.69, 9.17) is 0 Å². The quantitative estimate of drug-likeness (QED) is 0.155. The Balaban J connectivity index is 1.05. The van der Waals surface area contributed by atoms with Gasteiger partial charge in [0, 0.05) is 33.2 Å². The maximum Gasteiger partial charge on any atom is 0.0540 e. The van der Waals surface area contributed by atoms with Crippen molar-refractivity contribution < 1.29 is 0 Å². The minimum Gasteiger partial charge on any atom is -0.310 e. The van der Waals surface area contributed by atoms with Crippen LogP contribution in [0.4, 0.5) is 34.1 Å². The lowest BCUT2D eigenvalue weighted by molar-refractivity contribution is -0.0397. The normalized spacial score (nSPS) is 22.2. The van der Waals surface area contributed by atoms with Crippen molar-refractivity contribution in [3.05, 3.63) is 193 Å². The molecule has 2 heteroatoms. The van der Waals surface area contributed by atoms with Gasteiger partial charge < -0.3 is 9.80 Å². The fourth-order valence-electron chi connectivity index (χ4n) is 13.6. The number of benzene rings is 9. The van der Waals surface area contributed by atoms with Gasteiger partial charge in [-0.1, -0.05) is 142 Å². The fourth-order valence-corrected chi connectivity index (χ4v) is 13.6. The zero-order valence-electron chi connectivity index (χ0n) is 36.0. The molecule has 9 aromatic carbocycles. The Hall–Kier alpha value is -6.38. The molecular formula is C60H52N2. The second kappa shape index (κ2) is 13.3. The highest BCUT2D eigenvalue weighted by Gasteiger charge is 2.62. The Morgan fingerprint density at radius 2 is 0.919 bits per heavy atom. The first-order chi connectivity index (χ1) is 30.4. The molecule has 4 bridgehead atoms. The van der Waals surface area contributed by atoms with Gasteiger partial charge in [-0.3, -0.25) is 0 Å². The minimum absolute atomic E-state index is 0.0354. The zero-order chi connectivity index (χ0) is 41.3. The molecule has 1 spiro atoms. The highest BCUT2D eigenvalue weighted by Crippen LogP contribution is 2.71. The van der Waals surface area contributed by atoms with Crippen LogP contribution in [0.2, 0.25) is 0 Å². The Morgan fingerprint density at radius 1 is 0.419 bits per heavy atom. The van der Waals surface area contributed by atoms with E-state index in [1.165, 1.54) is 104 Å². The molecule has 4 saturated carbocycles. The first-order valence-corrected chi connectivity index (χ1v) is 23.1. The second-order valence-corrected chi connectivity index (χ2v) is 20.1. The number of anilines is 6. The second-order valence-electron chi connectivity index (χ2n) is 20.1. The molecule has 0 saturated heterocycles. The summed E-state index contributed by atoms with van der Waals surface area (Å²) < 4.78 is 0. The number of fused-ring (bicyclic) bond motifs is 3. The van der Waals surface area contributed by atoms with Gasteiger partial charge in [-0.2, -0.15) is 0 Å². The summed E-state index contributed by atoms with van der Waals surface area (Å²) in [4.78, 5) is 5.10. The minimum atomic E-state index is 0.0354. The number of hydrogen-bond acceptors (Lipinski definition) is 2. The van der Waals surface area contributed by atoms with Crippen molar-refractivity contribution in [1.82, 2.24) is 0 Å². The Morgan fingerprint density at radius 3 is 1.52 bits per heavy atom. The molecule has 5 aliphatic carbocycles. The number of hydrogen-bond donors (Lipinski definition) is 0. The lowest BCUT2D eigenvalue weighted by Gasteiger charge is -2.61. The zero-order valence-corrected chi connectivity index (χ0v) is 36.0. The van der Waals surface area contributed by atoms with Crippen LogP contribution in [0.25, 0.3) is 43.4 Å². The van der Waals surface area contributed by atoms with Crippen LogP contribution >= 0.6 is 0 Å². The van der Waals surface area contributed by atoms with Crippen molar-refractivity contribution in [1.29, 1.82) is 0 Å². The van der Waals surface area contributed by atoms with Gasteiger partial charge in [0.15, 0.2) is 0 Å². The van der Waals surface area contributed by atoms with Gasteiger partial charge in [-0.25, -0.2) is 0 Å². The summed E-state index contributed by atoms with van der Waals surface area (Å²) in [6, 6.07) is 67.1. The number of rotatable bonds is 6. The largest absolute Gasteiger partial charge is 0.310 e. The Labute approximate surface area is 365 Å². The summed E-state index contributed by atoms with van der Waals surface area (Å²) in [7, 11) is 0. The molecule has 302 valence electrons. The van der Waals surface area contributed by atoms with Crippen LogP contribution in [0, 0.1) is 23.7 Å². The highest BCUT2D eigenvalue weighted by atomic mass is 15.2. The van der Waals surface area contributed by atoms with Crippen LogP contribution in [0.5, 0.6) is 0 Å². The van der Waals surface area contributed by atoms with Gasteiger partial charge in [-0.05, 0) is 165 Å². The Kier molecular flexibility index (Phi) is 7.79. The third-order valence-electron chi connectivity index (χ3n) is 15.9.